The number of nitrogens with zero attached hydrogens (tertiary/aromatic N) is 4. The highest BCUT2D eigenvalue weighted by molar-refractivity contribution is 5.93. The van der Waals surface area contributed by atoms with Crippen LogP contribution in [0.1, 0.15) is 25.7 Å². The van der Waals surface area contributed by atoms with E-state index >= 15 is 0 Å². The number of halogens is 1. The molecule has 0 bridgehead atoms. The number of hydrogen-bond acceptors (Lipinski definition) is 5. The maximum absolute atomic E-state index is 14.3. The molecule has 5 rings (SSSR count). The predicted molar refractivity (Wildman–Crippen MR) is 105 cm³/mol. The van der Waals surface area contributed by atoms with Crippen LogP contribution < -0.4 is 5.32 Å². The Bertz CT molecular complexity index is 1130. The Kier molecular flexibility index (Phi) is 4.20. The summed E-state index contributed by atoms with van der Waals surface area (Å²) in [5.74, 6) is 0.251. The van der Waals surface area contributed by atoms with Crippen LogP contribution in [-0.4, -0.2) is 43.6 Å². The molecule has 1 fully saturated rings. The van der Waals surface area contributed by atoms with Gasteiger partial charge >= 0.3 is 0 Å². The molecule has 4 aromatic heterocycles. The average Bonchev–Trinajstić information content (AvgIpc) is 3.35. The van der Waals surface area contributed by atoms with Crippen LogP contribution in [0.3, 0.4) is 0 Å². The number of pyridine rings is 1. The number of nitrogens with one attached hydrogen (secondary N) is 2. The van der Waals surface area contributed by atoms with Crippen LogP contribution in [0, 0.1) is 5.82 Å². The van der Waals surface area contributed by atoms with Gasteiger partial charge in [0, 0.05) is 60.6 Å². The largest absolute Gasteiger partial charge is 0.381 e. The van der Waals surface area contributed by atoms with E-state index < -0.39 is 0 Å². The maximum atomic E-state index is 14.3. The number of hydrogen-bond donors (Lipinski definition) is 2. The van der Waals surface area contributed by atoms with Gasteiger partial charge in [-0.25, -0.2) is 14.4 Å². The Labute approximate surface area is 161 Å². The summed E-state index contributed by atoms with van der Waals surface area (Å²) in [5.41, 5.74) is 2.65. The molecule has 1 aliphatic carbocycles. The lowest BCUT2D eigenvalue weighted by Crippen LogP contribution is -2.29. The summed E-state index contributed by atoms with van der Waals surface area (Å²) in [4.78, 5) is 16.3. The van der Waals surface area contributed by atoms with E-state index in [0.29, 0.717) is 23.7 Å². The number of imidazole rings is 1. The zero-order valence-corrected chi connectivity index (χ0v) is 15.5. The number of H-pyrrole nitrogens is 1. The lowest BCUT2D eigenvalue weighted by molar-refractivity contribution is 0.0681. The van der Waals surface area contributed by atoms with Crippen molar-refractivity contribution in [3.05, 3.63) is 42.9 Å². The van der Waals surface area contributed by atoms with Gasteiger partial charge in [-0.3, -0.25) is 0 Å². The van der Waals surface area contributed by atoms with Crippen LogP contribution in [-0.2, 0) is 4.74 Å². The summed E-state index contributed by atoms with van der Waals surface area (Å²) in [6.07, 6.45) is 13.3. The Hall–Kier alpha value is -3.00. The maximum Gasteiger partial charge on any atom is 0.224 e. The Morgan fingerprint density at radius 1 is 1.25 bits per heavy atom. The molecule has 0 amide bonds. The first kappa shape index (κ1) is 17.1. The minimum Gasteiger partial charge on any atom is -0.381 e. The van der Waals surface area contributed by atoms with Gasteiger partial charge in [-0.1, -0.05) is 0 Å². The summed E-state index contributed by atoms with van der Waals surface area (Å²) in [6.45, 7) is 0. The van der Waals surface area contributed by atoms with Gasteiger partial charge in [-0.2, -0.15) is 4.98 Å². The molecular formula is C20H21FN6O. The molecule has 28 heavy (non-hydrogen) atoms. The van der Waals surface area contributed by atoms with E-state index in [1.165, 1.54) is 6.07 Å². The van der Waals surface area contributed by atoms with Crippen molar-refractivity contribution in [1.82, 2.24) is 24.3 Å². The summed E-state index contributed by atoms with van der Waals surface area (Å²) >= 11 is 0. The fourth-order valence-electron chi connectivity index (χ4n) is 3.98. The van der Waals surface area contributed by atoms with E-state index in [1.807, 2.05) is 12.4 Å². The first-order valence-electron chi connectivity index (χ1n) is 9.47. The lowest BCUT2D eigenvalue weighted by atomic mass is 9.93. The van der Waals surface area contributed by atoms with E-state index in [4.69, 9.17) is 4.74 Å². The Balaban J connectivity index is 1.42. The smallest absolute Gasteiger partial charge is 0.224 e. The molecule has 4 aromatic rings. The second kappa shape index (κ2) is 6.87. The molecule has 144 valence electrons. The van der Waals surface area contributed by atoms with Gasteiger partial charge in [-0.05, 0) is 31.7 Å². The number of aromatic amines is 1. The first-order valence-corrected chi connectivity index (χ1v) is 9.47. The third kappa shape index (κ3) is 2.99. The van der Waals surface area contributed by atoms with Crippen molar-refractivity contribution in [3.63, 3.8) is 0 Å². The highest BCUT2D eigenvalue weighted by atomic mass is 19.1. The molecule has 0 aliphatic heterocycles. The van der Waals surface area contributed by atoms with Crippen LogP contribution >= 0.6 is 0 Å². The van der Waals surface area contributed by atoms with Gasteiger partial charge < -0.3 is 19.4 Å². The van der Waals surface area contributed by atoms with E-state index in [9.17, 15) is 4.39 Å². The molecule has 4 heterocycles. The van der Waals surface area contributed by atoms with Crippen LogP contribution in [0.15, 0.2) is 37.1 Å². The van der Waals surface area contributed by atoms with Crippen molar-refractivity contribution in [1.29, 1.82) is 0 Å². The molecule has 8 heteroatoms. The standard InChI is InChI=1S/C20H21FN6O/c1-28-14-4-2-13(3-5-14)25-20-24-10-16-15(9-23-18(16)26-20)12-8-17(21)19-22-6-7-27(19)11-12/h6-11,13-14H,2-5H2,1H3,(H2,23,24,25,26)/t13-,14+. The fourth-order valence-corrected chi connectivity index (χ4v) is 3.98. The SMILES string of the molecule is CO[C@H]1CC[C@@H](Nc2ncc3c(-c4cc(F)c5nccn5c4)c[nH]c3n2)CC1. The Morgan fingerprint density at radius 2 is 2.11 bits per heavy atom. The van der Waals surface area contributed by atoms with Gasteiger partial charge in [-0.15, -0.1) is 0 Å². The normalized spacial score (nSPS) is 20.1. The summed E-state index contributed by atoms with van der Waals surface area (Å²) in [5, 5.41) is 4.28. The summed E-state index contributed by atoms with van der Waals surface area (Å²) in [6, 6.07) is 1.85. The number of anilines is 1. The van der Waals surface area contributed by atoms with E-state index in [1.54, 1.807) is 30.1 Å². The van der Waals surface area contributed by atoms with E-state index in [0.717, 1.165) is 47.8 Å². The number of aromatic nitrogens is 5. The quantitative estimate of drug-likeness (QED) is 0.563. The molecule has 1 saturated carbocycles. The molecule has 1 aliphatic rings. The van der Waals surface area contributed by atoms with Crippen molar-refractivity contribution in [2.45, 2.75) is 37.8 Å². The minimum atomic E-state index is -0.359. The van der Waals surface area contributed by atoms with Crippen molar-refractivity contribution >= 4 is 22.6 Å². The predicted octanol–water partition coefficient (Wildman–Crippen LogP) is 3.78. The van der Waals surface area contributed by atoms with E-state index in [-0.39, 0.29) is 5.82 Å². The molecule has 0 radical (unpaired) electrons. The molecule has 7 nitrogen and oxygen atoms in total. The monoisotopic (exact) mass is 380 g/mol. The van der Waals surface area contributed by atoms with Crippen molar-refractivity contribution in [3.8, 4) is 11.1 Å². The van der Waals surface area contributed by atoms with Gasteiger partial charge in [0.05, 0.1) is 6.10 Å². The molecular weight excluding hydrogens is 359 g/mol. The van der Waals surface area contributed by atoms with Crippen LogP contribution in [0.4, 0.5) is 10.3 Å². The topological polar surface area (TPSA) is 80.1 Å². The van der Waals surface area contributed by atoms with Crippen LogP contribution in [0.2, 0.25) is 0 Å². The van der Waals surface area contributed by atoms with Gasteiger partial charge in [0.1, 0.15) is 5.65 Å². The van der Waals surface area contributed by atoms with Crippen molar-refractivity contribution in [2.75, 3.05) is 12.4 Å². The first-order chi connectivity index (χ1) is 13.7. The molecule has 0 spiro atoms. The van der Waals surface area contributed by atoms with Crippen LogP contribution in [0.25, 0.3) is 27.8 Å². The highest BCUT2D eigenvalue weighted by Gasteiger charge is 2.21. The zero-order chi connectivity index (χ0) is 19.1. The number of fused-ring (bicyclic) bond motifs is 2. The average molecular weight is 380 g/mol. The molecule has 0 unspecified atom stereocenters. The molecule has 0 atom stereocenters. The fraction of sp³-hybridized carbons (Fsp3) is 0.350. The third-order valence-electron chi connectivity index (χ3n) is 5.53. The second-order valence-electron chi connectivity index (χ2n) is 7.25. The number of rotatable bonds is 4. The molecule has 0 aromatic carbocycles. The number of ether oxygens (including phenoxy) is 1. The second-order valence-corrected chi connectivity index (χ2v) is 7.25. The van der Waals surface area contributed by atoms with Crippen molar-refractivity contribution in [2.24, 2.45) is 0 Å². The van der Waals surface area contributed by atoms with Gasteiger partial charge in [0.25, 0.3) is 0 Å². The van der Waals surface area contributed by atoms with Gasteiger partial charge in [0.15, 0.2) is 11.5 Å². The molecule has 0 saturated heterocycles. The van der Waals surface area contributed by atoms with Crippen LogP contribution in [0.5, 0.6) is 0 Å². The number of methoxy groups -OCH3 is 1. The van der Waals surface area contributed by atoms with Crippen molar-refractivity contribution < 1.29 is 9.13 Å². The minimum absolute atomic E-state index is 0.314. The van der Waals surface area contributed by atoms with E-state index in [2.05, 4.69) is 25.3 Å². The Morgan fingerprint density at radius 3 is 2.93 bits per heavy atom. The lowest BCUT2D eigenvalue weighted by Gasteiger charge is -2.28. The highest BCUT2D eigenvalue weighted by Crippen LogP contribution is 2.29. The molecule has 2 N–H and O–H groups in total. The summed E-state index contributed by atoms with van der Waals surface area (Å²) in [7, 11) is 1.77. The van der Waals surface area contributed by atoms with Gasteiger partial charge in [0.2, 0.25) is 5.95 Å². The summed E-state index contributed by atoms with van der Waals surface area (Å²) < 4.78 is 21.4. The third-order valence-corrected chi connectivity index (χ3v) is 5.53. The zero-order valence-electron chi connectivity index (χ0n) is 15.5.